The molecule has 1 atom stereocenters. The summed E-state index contributed by atoms with van der Waals surface area (Å²) in [5.74, 6) is 0.00921. The van der Waals surface area contributed by atoms with Gasteiger partial charge in [0.1, 0.15) is 30.1 Å². The van der Waals surface area contributed by atoms with E-state index in [1.165, 1.54) is 18.2 Å². The zero-order valence-corrected chi connectivity index (χ0v) is 21.0. The van der Waals surface area contributed by atoms with Crippen LogP contribution in [0.5, 0.6) is 5.75 Å². The predicted molar refractivity (Wildman–Crippen MR) is 141 cm³/mol. The Balaban J connectivity index is 1.39. The second-order valence-electron chi connectivity index (χ2n) is 8.85. The minimum atomic E-state index is -0.310. The Morgan fingerprint density at radius 2 is 1.69 bits per heavy atom. The third-order valence-corrected chi connectivity index (χ3v) is 6.87. The molecule has 0 saturated carbocycles. The van der Waals surface area contributed by atoms with Crippen molar-refractivity contribution in [2.24, 2.45) is 0 Å². The Kier molecular flexibility index (Phi) is 6.52. The van der Waals surface area contributed by atoms with Crippen LogP contribution in [0.3, 0.4) is 0 Å². The molecule has 3 aromatic carbocycles. The molecule has 1 amide bonds. The average molecular weight is 503 g/mol. The Bertz CT molecular complexity index is 1360. The molecule has 184 valence electrons. The van der Waals surface area contributed by atoms with Crippen LogP contribution in [-0.4, -0.2) is 40.5 Å². The van der Waals surface area contributed by atoms with Crippen LogP contribution in [-0.2, 0) is 0 Å². The van der Waals surface area contributed by atoms with E-state index < -0.39 is 0 Å². The van der Waals surface area contributed by atoms with Gasteiger partial charge in [-0.25, -0.2) is 0 Å². The number of methoxy groups -OCH3 is 1. The summed E-state index contributed by atoms with van der Waals surface area (Å²) in [6, 6.07) is 17.9. The van der Waals surface area contributed by atoms with Gasteiger partial charge in [-0.05, 0) is 48.7 Å². The van der Waals surface area contributed by atoms with Crippen LogP contribution < -0.4 is 20.7 Å². The van der Waals surface area contributed by atoms with E-state index in [0.717, 1.165) is 16.9 Å². The number of aryl methyl sites for hydroxylation is 2. The summed E-state index contributed by atoms with van der Waals surface area (Å²) in [7, 11) is 1.51. The SMILES string of the molecule is COc1cc(-n2cnnc2)cc(Cl)c1C(=O)NCC(c1ccccc1)C1Nc2cc(C)c(C)cc2N1. The molecule has 1 aromatic heterocycles. The van der Waals surface area contributed by atoms with Crippen molar-refractivity contribution < 1.29 is 9.53 Å². The normalized spacial score (nSPS) is 13.4. The highest BCUT2D eigenvalue weighted by Gasteiger charge is 2.30. The molecule has 4 aromatic rings. The van der Waals surface area contributed by atoms with Crippen molar-refractivity contribution in [3.63, 3.8) is 0 Å². The van der Waals surface area contributed by atoms with Crippen molar-refractivity contribution in [2.75, 3.05) is 24.3 Å². The van der Waals surface area contributed by atoms with E-state index in [2.05, 4.69) is 64.3 Å². The van der Waals surface area contributed by atoms with Gasteiger partial charge < -0.3 is 20.7 Å². The van der Waals surface area contributed by atoms with Crippen LogP contribution in [0, 0.1) is 13.8 Å². The summed E-state index contributed by atoms with van der Waals surface area (Å²) in [5, 5.41) is 18.2. The fourth-order valence-electron chi connectivity index (χ4n) is 4.48. The first-order valence-electron chi connectivity index (χ1n) is 11.6. The van der Waals surface area contributed by atoms with Crippen LogP contribution in [0.4, 0.5) is 11.4 Å². The van der Waals surface area contributed by atoms with E-state index in [1.54, 1.807) is 29.4 Å². The maximum Gasteiger partial charge on any atom is 0.256 e. The molecular formula is C27H27ClN6O2. The molecule has 0 bridgehead atoms. The van der Waals surface area contributed by atoms with Crippen LogP contribution in [0.25, 0.3) is 5.69 Å². The smallest absolute Gasteiger partial charge is 0.256 e. The Morgan fingerprint density at radius 3 is 2.31 bits per heavy atom. The van der Waals surface area contributed by atoms with Gasteiger partial charge in [0.2, 0.25) is 0 Å². The second-order valence-corrected chi connectivity index (χ2v) is 9.26. The lowest BCUT2D eigenvalue weighted by atomic mass is 9.95. The molecule has 3 N–H and O–H groups in total. The summed E-state index contributed by atoms with van der Waals surface area (Å²) in [5.41, 5.74) is 6.65. The summed E-state index contributed by atoms with van der Waals surface area (Å²) in [6.07, 6.45) is 3.01. The van der Waals surface area contributed by atoms with Crippen LogP contribution in [0.15, 0.2) is 67.3 Å². The number of nitrogens with zero attached hydrogens (tertiary/aromatic N) is 3. The molecule has 0 radical (unpaired) electrons. The minimum absolute atomic E-state index is 0.0516. The molecule has 1 aliphatic heterocycles. The van der Waals surface area contributed by atoms with Gasteiger partial charge in [0.15, 0.2) is 0 Å². The van der Waals surface area contributed by atoms with Crippen molar-refractivity contribution in [2.45, 2.75) is 25.9 Å². The number of amides is 1. The highest BCUT2D eigenvalue weighted by Crippen LogP contribution is 2.36. The van der Waals surface area contributed by atoms with Gasteiger partial charge in [0, 0.05) is 18.5 Å². The van der Waals surface area contributed by atoms with Crippen LogP contribution in [0.2, 0.25) is 5.02 Å². The number of hydrogen-bond donors (Lipinski definition) is 3. The molecule has 9 heteroatoms. The van der Waals surface area contributed by atoms with Gasteiger partial charge in [0.25, 0.3) is 5.91 Å². The second kappa shape index (κ2) is 9.91. The number of ether oxygens (including phenoxy) is 1. The Hall–Kier alpha value is -4.04. The number of rotatable bonds is 7. The van der Waals surface area contributed by atoms with Crippen molar-refractivity contribution in [1.82, 2.24) is 20.1 Å². The number of carbonyl (C=O) groups is 1. The quantitative estimate of drug-likeness (QED) is 0.332. The lowest BCUT2D eigenvalue weighted by Gasteiger charge is -2.26. The first-order valence-corrected chi connectivity index (χ1v) is 12.0. The van der Waals surface area contributed by atoms with Crippen molar-refractivity contribution in [3.05, 3.63) is 94.5 Å². The van der Waals surface area contributed by atoms with Gasteiger partial charge in [-0.15, -0.1) is 10.2 Å². The number of nitrogens with one attached hydrogen (secondary N) is 3. The molecular weight excluding hydrogens is 476 g/mol. The molecule has 2 heterocycles. The third-order valence-electron chi connectivity index (χ3n) is 6.57. The molecule has 8 nitrogen and oxygen atoms in total. The van der Waals surface area contributed by atoms with Crippen LogP contribution >= 0.6 is 11.6 Å². The van der Waals surface area contributed by atoms with Crippen molar-refractivity contribution in [3.8, 4) is 11.4 Å². The predicted octanol–water partition coefficient (Wildman–Crippen LogP) is 4.92. The number of carbonyl (C=O) groups excluding carboxylic acids is 1. The average Bonchev–Trinajstić information content (AvgIpc) is 3.55. The highest BCUT2D eigenvalue weighted by atomic mass is 35.5. The number of anilines is 2. The number of halogens is 1. The fraction of sp³-hybridized carbons (Fsp3) is 0.222. The van der Waals surface area contributed by atoms with Crippen molar-refractivity contribution >= 4 is 28.9 Å². The van der Waals surface area contributed by atoms with Crippen LogP contribution in [0.1, 0.15) is 33.0 Å². The summed E-state index contributed by atoms with van der Waals surface area (Å²) in [4.78, 5) is 13.4. The summed E-state index contributed by atoms with van der Waals surface area (Å²) >= 11 is 6.56. The molecule has 1 unspecified atom stereocenters. The van der Waals surface area contributed by atoms with E-state index in [9.17, 15) is 4.79 Å². The highest BCUT2D eigenvalue weighted by molar-refractivity contribution is 6.34. The molecule has 0 aliphatic carbocycles. The summed E-state index contributed by atoms with van der Waals surface area (Å²) < 4.78 is 7.21. The number of aromatic nitrogens is 3. The van der Waals surface area contributed by atoms with E-state index in [-0.39, 0.29) is 28.6 Å². The standard InChI is InChI=1S/C27H27ClN6O2/c1-16-9-22-23(10-17(16)2)33-26(32-22)20(18-7-5-4-6-8-18)13-29-27(35)25-21(28)11-19(12-24(25)36-3)34-14-30-31-15-34/h4-12,14-15,20,26,32-33H,13H2,1-3H3,(H,29,35). The minimum Gasteiger partial charge on any atom is -0.496 e. The van der Waals surface area contributed by atoms with Gasteiger partial charge in [0.05, 0.1) is 29.2 Å². The van der Waals surface area contributed by atoms with E-state index in [4.69, 9.17) is 16.3 Å². The topological polar surface area (TPSA) is 93.1 Å². The van der Waals surface area contributed by atoms with Gasteiger partial charge >= 0.3 is 0 Å². The zero-order valence-electron chi connectivity index (χ0n) is 20.2. The zero-order chi connectivity index (χ0) is 25.2. The van der Waals surface area contributed by atoms with Gasteiger partial charge in [-0.3, -0.25) is 9.36 Å². The number of hydrogen-bond acceptors (Lipinski definition) is 6. The number of benzene rings is 3. The maximum atomic E-state index is 13.4. The number of fused-ring (bicyclic) bond motifs is 1. The van der Waals surface area contributed by atoms with E-state index in [0.29, 0.717) is 18.0 Å². The molecule has 36 heavy (non-hydrogen) atoms. The monoisotopic (exact) mass is 502 g/mol. The van der Waals surface area contributed by atoms with E-state index >= 15 is 0 Å². The maximum absolute atomic E-state index is 13.4. The van der Waals surface area contributed by atoms with E-state index in [1.807, 2.05) is 18.2 Å². The Labute approximate surface area is 214 Å². The lowest BCUT2D eigenvalue weighted by Crippen LogP contribution is -2.39. The van der Waals surface area contributed by atoms with Gasteiger partial charge in [-0.1, -0.05) is 41.9 Å². The molecule has 0 saturated heterocycles. The summed E-state index contributed by atoms with van der Waals surface area (Å²) in [6.45, 7) is 4.59. The van der Waals surface area contributed by atoms with Gasteiger partial charge in [-0.2, -0.15) is 0 Å². The molecule has 0 fully saturated rings. The van der Waals surface area contributed by atoms with Crippen molar-refractivity contribution in [1.29, 1.82) is 0 Å². The fourth-order valence-corrected chi connectivity index (χ4v) is 4.77. The first kappa shape index (κ1) is 23.7. The molecule has 1 aliphatic rings. The third kappa shape index (κ3) is 4.59. The largest absolute Gasteiger partial charge is 0.496 e. The molecule has 0 spiro atoms. The lowest BCUT2D eigenvalue weighted by molar-refractivity contribution is 0.0948. The molecule has 5 rings (SSSR count). The Morgan fingerprint density at radius 1 is 1.06 bits per heavy atom. The first-order chi connectivity index (χ1) is 17.4.